The van der Waals surface area contributed by atoms with Crippen LogP contribution in [0.3, 0.4) is 0 Å². The van der Waals surface area contributed by atoms with Crippen molar-refractivity contribution in [3.8, 4) is 0 Å². The summed E-state index contributed by atoms with van der Waals surface area (Å²) in [6.07, 6.45) is 4.98. The molecule has 0 spiro atoms. The van der Waals surface area contributed by atoms with Crippen molar-refractivity contribution in [3.05, 3.63) is 35.9 Å². The third-order valence-corrected chi connectivity index (χ3v) is 5.05. The van der Waals surface area contributed by atoms with Gasteiger partial charge in [0, 0.05) is 6.54 Å². The maximum Gasteiger partial charge on any atom is 0.0719 e. The molecule has 1 aromatic rings. The van der Waals surface area contributed by atoms with Gasteiger partial charge in [0.25, 0.3) is 0 Å². The van der Waals surface area contributed by atoms with E-state index in [1.807, 2.05) is 0 Å². The van der Waals surface area contributed by atoms with Gasteiger partial charge in [-0.15, -0.1) is 0 Å². The molecular formula is C16H24N2. The number of nitrogens with zero attached hydrogens (tertiary/aromatic N) is 1. The molecule has 0 aromatic heterocycles. The third kappa shape index (κ3) is 1.98. The highest BCUT2D eigenvalue weighted by atomic mass is 15.3. The number of fused-ring (bicyclic) bond motifs is 3. The van der Waals surface area contributed by atoms with Crippen LogP contribution in [-0.4, -0.2) is 23.7 Å². The van der Waals surface area contributed by atoms with Crippen molar-refractivity contribution in [1.29, 1.82) is 0 Å². The van der Waals surface area contributed by atoms with E-state index in [0.717, 1.165) is 18.9 Å². The molecule has 98 valence electrons. The lowest BCUT2D eigenvalue weighted by Crippen LogP contribution is -2.68. The molecule has 3 fully saturated rings. The number of hydrogen-bond acceptors (Lipinski definition) is 2. The minimum Gasteiger partial charge on any atom is -0.313 e. The molecule has 2 N–H and O–H groups in total. The fourth-order valence-electron chi connectivity index (χ4n) is 4.01. The number of nitrogens with two attached hydrogens (primary N) is 1. The number of benzene rings is 1. The third-order valence-electron chi connectivity index (χ3n) is 5.05. The monoisotopic (exact) mass is 244 g/mol. The molecule has 0 amide bonds. The molecule has 3 atom stereocenters. The minimum atomic E-state index is -0.0423. The summed E-state index contributed by atoms with van der Waals surface area (Å²) in [7, 11) is 0. The van der Waals surface area contributed by atoms with Crippen molar-refractivity contribution in [2.75, 3.05) is 13.1 Å². The second kappa shape index (κ2) is 4.67. The smallest absolute Gasteiger partial charge is 0.0719 e. The van der Waals surface area contributed by atoms with Crippen LogP contribution in [0.1, 0.15) is 31.7 Å². The van der Waals surface area contributed by atoms with Crippen molar-refractivity contribution in [3.63, 3.8) is 0 Å². The lowest BCUT2D eigenvalue weighted by Gasteiger charge is -2.57. The van der Waals surface area contributed by atoms with Gasteiger partial charge < -0.3 is 5.73 Å². The van der Waals surface area contributed by atoms with Gasteiger partial charge >= 0.3 is 0 Å². The lowest BCUT2D eigenvalue weighted by atomic mass is 9.67. The van der Waals surface area contributed by atoms with E-state index in [-0.39, 0.29) is 5.66 Å². The van der Waals surface area contributed by atoms with Gasteiger partial charge in [0.15, 0.2) is 0 Å². The lowest BCUT2D eigenvalue weighted by molar-refractivity contribution is -0.0747. The molecule has 2 aliphatic heterocycles. The summed E-state index contributed by atoms with van der Waals surface area (Å²) in [6, 6.07) is 10.8. The van der Waals surface area contributed by atoms with E-state index in [2.05, 4.69) is 42.2 Å². The Morgan fingerprint density at radius 1 is 1.33 bits per heavy atom. The molecule has 3 aliphatic rings. The zero-order chi connectivity index (χ0) is 12.6. The average Bonchev–Trinajstić information content (AvgIpc) is 2.41. The summed E-state index contributed by atoms with van der Waals surface area (Å²) in [6.45, 7) is 4.56. The SMILES string of the molecule is CCN1CC2CCC1(N)C(Cc1ccccc1)C2. The molecule has 2 saturated heterocycles. The summed E-state index contributed by atoms with van der Waals surface area (Å²) in [4.78, 5) is 2.53. The zero-order valence-electron chi connectivity index (χ0n) is 11.3. The summed E-state index contributed by atoms with van der Waals surface area (Å²) in [5, 5.41) is 0. The van der Waals surface area contributed by atoms with Crippen LogP contribution in [0.5, 0.6) is 0 Å². The predicted octanol–water partition coefficient (Wildman–Crippen LogP) is 2.64. The van der Waals surface area contributed by atoms with Gasteiger partial charge in [-0.2, -0.15) is 0 Å². The summed E-state index contributed by atoms with van der Waals surface area (Å²) in [5.74, 6) is 1.51. The van der Waals surface area contributed by atoms with Crippen molar-refractivity contribution in [1.82, 2.24) is 4.90 Å². The Labute approximate surface area is 110 Å². The molecule has 3 unspecified atom stereocenters. The molecule has 2 nitrogen and oxygen atoms in total. The van der Waals surface area contributed by atoms with Gasteiger partial charge in [0.05, 0.1) is 5.66 Å². The molecule has 1 aromatic carbocycles. The largest absolute Gasteiger partial charge is 0.313 e. The Hall–Kier alpha value is -0.860. The van der Waals surface area contributed by atoms with Gasteiger partial charge in [-0.25, -0.2) is 0 Å². The van der Waals surface area contributed by atoms with Crippen molar-refractivity contribution in [2.45, 2.75) is 38.3 Å². The topological polar surface area (TPSA) is 29.3 Å². The zero-order valence-corrected chi connectivity index (χ0v) is 11.3. The van der Waals surface area contributed by atoms with Gasteiger partial charge in [0.2, 0.25) is 0 Å². The Bertz CT molecular complexity index is 403. The minimum absolute atomic E-state index is 0.0423. The quantitative estimate of drug-likeness (QED) is 0.885. The van der Waals surface area contributed by atoms with Crippen LogP contribution in [-0.2, 0) is 6.42 Å². The van der Waals surface area contributed by atoms with Crippen LogP contribution in [0.15, 0.2) is 30.3 Å². The average molecular weight is 244 g/mol. The first kappa shape index (κ1) is 12.2. The summed E-state index contributed by atoms with van der Waals surface area (Å²) in [5.41, 5.74) is 8.17. The van der Waals surface area contributed by atoms with Crippen LogP contribution >= 0.6 is 0 Å². The molecule has 2 heteroatoms. The van der Waals surface area contributed by atoms with Crippen molar-refractivity contribution < 1.29 is 0 Å². The molecule has 1 saturated carbocycles. The predicted molar refractivity (Wildman–Crippen MR) is 75.1 cm³/mol. The van der Waals surface area contributed by atoms with Crippen LogP contribution < -0.4 is 5.73 Å². The van der Waals surface area contributed by atoms with Crippen LogP contribution in [0.25, 0.3) is 0 Å². The second-order valence-electron chi connectivity index (χ2n) is 6.06. The second-order valence-corrected chi connectivity index (χ2v) is 6.06. The molecule has 1 aliphatic carbocycles. The van der Waals surface area contributed by atoms with E-state index in [1.165, 1.54) is 31.4 Å². The van der Waals surface area contributed by atoms with Gasteiger partial charge in [0.1, 0.15) is 0 Å². The van der Waals surface area contributed by atoms with E-state index >= 15 is 0 Å². The number of rotatable bonds is 3. The fourth-order valence-corrected chi connectivity index (χ4v) is 4.01. The highest BCUT2D eigenvalue weighted by Gasteiger charge is 2.49. The summed E-state index contributed by atoms with van der Waals surface area (Å²) >= 11 is 0. The van der Waals surface area contributed by atoms with E-state index in [0.29, 0.717) is 5.92 Å². The van der Waals surface area contributed by atoms with Gasteiger partial charge in [-0.05, 0) is 49.6 Å². The van der Waals surface area contributed by atoms with E-state index in [9.17, 15) is 0 Å². The Balaban J connectivity index is 1.80. The molecule has 4 rings (SSSR count). The highest BCUT2D eigenvalue weighted by molar-refractivity contribution is 5.17. The number of hydrogen-bond donors (Lipinski definition) is 1. The highest BCUT2D eigenvalue weighted by Crippen LogP contribution is 2.44. The Morgan fingerprint density at radius 3 is 2.83 bits per heavy atom. The van der Waals surface area contributed by atoms with Crippen LogP contribution in [0.2, 0.25) is 0 Å². The van der Waals surface area contributed by atoms with Crippen molar-refractivity contribution >= 4 is 0 Å². The standard InChI is InChI=1S/C16H24N2/c1-2-18-12-14-8-9-16(18,17)15(11-14)10-13-6-4-3-5-7-13/h3-7,14-15H,2,8-12,17H2,1H3. The maximum atomic E-state index is 6.77. The first-order valence-electron chi connectivity index (χ1n) is 7.30. The van der Waals surface area contributed by atoms with Gasteiger partial charge in [-0.1, -0.05) is 37.3 Å². The Kier molecular flexibility index (Phi) is 3.16. The van der Waals surface area contributed by atoms with E-state index in [1.54, 1.807) is 0 Å². The van der Waals surface area contributed by atoms with Gasteiger partial charge in [-0.3, -0.25) is 4.90 Å². The normalized spacial score (nSPS) is 35.9. The van der Waals surface area contributed by atoms with E-state index < -0.39 is 0 Å². The van der Waals surface area contributed by atoms with E-state index in [4.69, 9.17) is 5.73 Å². The summed E-state index contributed by atoms with van der Waals surface area (Å²) < 4.78 is 0. The number of piperidine rings is 2. The van der Waals surface area contributed by atoms with Crippen LogP contribution in [0.4, 0.5) is 0 Å². The Morgan fingerprint density at radius 2 is 2.11 bits per heavy atom. The first-order valence-corrected chi connectivity index (χ1v) is 7.30. The van der Waals surface area contributed by atoms with Crippen molar-refractivity contribution in [2.24, 2.45) is 17.6 Å². The first-order chi connectivity index (χ1) is 8.72. The molecule has 2 bridgehead atoms. The molecule has 18 heavy (non-hydrogen) atoms. The molecule has 0 radical (unpaired) electrons. The van der Waals surface area contributed by atoms with Crippen LogP contribution in [0, 0.1) is 11.8 Å². The molecule has 2 heterocycles. The maximum absolute atomic E-state index is 6.77. The fraction of sp³-hybridized carbons (Fsp3) is 0.625. The molecular weight excluding hydrogens is 220 g/mol.